The zero-order valence-electron chi connectivity index (χ0n) is 15.2. The molecule has 1 aliphatic carbocycles. The van der Waals surface area contributed by atoms with Gasteiger partial charge in [0.1, 0.15) is 6.04 Å². The molecule has 1 saturated carbocycles. The highest BCUT2D eigenvalue weighted by atomic mass is 35.5. The number of rotatable bonds is 6. The third-order valence-corrected chi connectivity index (χ3v) is 5.20. The minimum Gasteiger partial charge on any atom is -0.353 e. The summed E-state index contributed by atoms with van der Waals surface area (Å²) in [6, 6.07) is 3.76. The molecule has 0 spiro atoms. The van der Waals surface area contributed by atoms with Crippen molar-refractivity contribution in [2.45, 2.75) is 44.7 Å². The Hall–Kier alpha value is -2.19. The Kier molecular flexibility index (Phi) is 6.78. The van der Waals surface area contributed by atoms with E-state index in [0.717, 1.165) is 19.3 Å². The van der Waals surface area contributed by atoms with Crippen LogP contribution < -0.4 is 11.1 Å². The van der Waals surface area contributed by atoms with E-state index in [4.69, 9.17) is 5.73 Å². The van der Waals surface area contributed by atoms with Crippen LogP contribution in [0.1, 0.15) is 41.6 Å². The summed E-state index contributed by atoms with van der Waals surface area (Å²) in [5.74, 6) is 0.0532. The van der Waals surface area contributed by atoms with Gasteiger partial charge < -0.3 is 16.0 Å². The normalized spacial score (nSPS) is 19.9. The summed E-state index contributed by atoms with van der Waals surface area (Å²) < 4.78 is 0. The van der Waals surface area contributed by atoms with Gasteiger partial charge in [-0.1, -0.05) is 0 Å². The van der Waals surface area contributed by atoms with Crippen molar-refractivity contribution in [2.75, 3.05) is 13.1 Å². The minimum absolute atomic E-state index is 0. The smallest absolute Gasteiger partial charge is 0.272 e. The van der Waals surface area contributed by atoms with E-state index in [1.807, 2.05) is 0 Å². The molecular weight excluding hydrogens is 372 g/mol. The number of nitrogens with zero attached hydrogens (tertiary/aromatic N) is 2. The molecule has 27 heavy (non-hydrogen) atoms. The number of hydrogen-bond donors (Lipinski definition) is 2. The van der Waals surface area contributed by atoms with Crippen molar-refractivity contribution in [2.24, 2.45) is 11.7 Å². The van der Waals surface area contributed by atoms with Gasteiger partial charge in [0, 0.05) is 36.3 Å². The number of nitro benzene ring substituents is 1. The molecule has 3 N–H and O–H groups in total. The molecule has 2 fully saturated rings. The lowest BCUT2D eigenvalue weighted by Gasteiger charge is -2.25. The SMILES string of the molecule is Cc1cc(C(=O)N2CCCC2C(=O)NCC(N)C2CC2)ccc1[N+](=O)[O-].Cl. The van der Waals surface area contributed by atoms with Crippen LogP contribution >= 0.6 is 12.4 Å². The lowest BCUT2D eigenvalue weighted by Crippen LogP contribution is -2.48. The molecule has 8 nitrogen and oxygen atoms in total. The highest BCUT2D eigenvalue weighted by Crippen LogP contribution is 2.31. The highest BCUT2D eigenvalue weighted by molar-refractivity contribution is 5.98. The average molecular weight is 397 g/mol. The van der Waals surface area contributed by atoms with Gasteiger partial charge in [-0.3, -0.25) is 19.7 Å². The maximum atomic E-state index is 12.8. The molecule has 2 unspecified atom stereocenters. The molecular formula is C18H25ClN4O4. The number of nitrogens with one attached hydrogen (secondary N) is 1. The highest BCUT2D eigenvalue weighted by Gasteiger charge is 2.35. The van der Waals surface area contributed by atoms with Crippen molar-refractivity contribution >= 4 is 29.9 Å². The molecule has 2 atom stereocenters. The predicted octanol–water partition coefficient (Wildman–Crippen LogP) is 1.78. The molecule has 0 aromatic heterocycles. The number of carbonyl (C=O) groups is 2. The van der Waals surface area contributed by atoms with E-state index in [1.165, 1.54) is 18.2 Å². The van der Waals surface area contributed by atoms with E-state index in [9.17, 15) is 19.7 Å². The second kappa shape index (κ2) is 8.67. The van der Waals surface area contributed by atoms with Crippen LogP contribution in [0.5, 0.6) is 0 Å². The fourth-order valence-corrected chi connectivity index (χ4v) is 3.47. The number of halogens is 1. The average Bonchev–Trinajstić information content (AvgIpc) is 3.35. The van der Waals surface area contributed by atoms with Gasteiger partial charge in [0.05, 0.1) is 4.92 Å². The summed E-state index contributed by atoms with van der Waals surface area (Å²) in [6.45, 7) is 2.53. The Labute approximate surface area is 164 Å². The molecule has 1 aromatic carbocycles. The molecule has 2 amide bonds. The maximum absolute atomic E-state index is 12.8. The number of nitrogens with two attached hydrogens (primary N) is 1. The molecule has 1 aromatic rings. The van der Waals surface area contributed by atoms with E-state index < -0.39 is 11.0 Å². The third kappa shape index (κ3) is 4.75. The van der Waals surface area contributed by atoms with Crippen LogP contribution in [0.4, 0.5) is 5.69 Å². The number of likely N-dealkylation sites (tertiary alicyclic amines) is 1. The van der Waals surface area contributed by atoms with Crippen molar-refractivity contribution in [3.05, 3.63) is 39.4 Å². The van der Waals surface area contributed by atoms with E-state index in [1.54, 1.807) is 11.8 Å². The second-order valence-corrected chi connectivity index (χ2v) is 7.16. The summed E-state index contributed by atoms with van der Waals surface area (Å²) in [7, 11) is 0. The molecule has 1 aliphatic heterocycles. The van der Waals surface area contributed by atoms with Gasteiger partial charge in [-0.05, 0) is 50.7 Å². The zero-order chi connectivity index (χ0) is 18.8. The maximum Gasteiger partial charge on any atom is 0.272 e. The Bertz CT molecular complexity index is 738. The van der Waals surface area contributed by atoms with Crippen LogP contribution in [-0.4, -0.2) is 46.8 Å². The first-order valence-electron chi connectivity index (χ1n) is 8.97. The second-order valence-electron chi connectivity index (χ2n) is 7.16. The minimum atomic E-state index is -0.510. The van der Waals surface area contributed by atoms with E-state index in [2.05, 4.69) is 5.32 Å². The fourth-order valence-electron chi connectivity index (χ4n) is 3.47. The van der Waals surface area contributed by atoms with Crippen molar-refractivity contribution in [1.29, 1.82) is 0 Å². The van der Waals surface area contributed by atoms with Crippen molar-refractivity contribution < 1.29 is 14.5 Å². The first-order chi connectivity index (χ1) is 12.4. The number of amides is 2. The Morgan fingerprint density at radius 1 is 1.37 bits per heavy atom. The number of nitro groups is 1. The molecule has 2 aliphatic rings. The van der Waals surface area contributed by atoms with Gasteiger partial charge in [0.2, 0.25) is 5.91 Å². The van der Waals surface area contributed by atoms with Crippen LogP contribution in [0.25, 0.3) is 0 Å². The lowest BCUT2D eigenvalue weighted by molar-refractivity contribution is -0.385. The van der Waals surface area contributed by atoms with Gasteiger partial charge in [-0.25, -0.2) is 0 Å². The first-order valence-corrected chi connectivity index (χ1v) is 8.97. The van der Waals surface area contributed by atoms with Crippen LogP contribution in [0.15, 0.2) is 18.2 Å². The molecule has 148 valence electrons. The first kappa shape index (κ1) is 21.1. The molecule has 1 saturated heterocycles. The van der Waals surface area contributed by atoms with Gasteiger partial charge in [-0.15, -0.1) is 12.4 Å². The molecule has 9 heteroatoms. The Balaban J connectivity index is 0.00000261. The van der Waals surface area contributed by atoms with E-state index in [-0.39, 0.29) is 36.0 Å². The van der Waals surface area contributed by atoms with Gasteiger partial charge >= 0.3 is 0 Å². The van der Waals surface area contributed by atoms with Gasteiger partial charge in [0.25, 0.3) is 11.6 Å². The zero-order valence-corrected chi connectivity index (χ0v) is 16.0. The summed E-state index contributed by atoms with van der Waals surface area (Å²) in [5, 5.41) is 13.8. The summed E-state index contributed by atoms with van der Waals surface area (Å²) in [5.41, 5.74) is 6.79. The van der Waals surface area contributed by atoms with Crippen LogP contribution in [0, 0.1) is 23.0 Å². The molecule has 0 radical (unpaired) electrons. The number of hydrogen-bond acceptors (Lipinski definition) is 5. The van der Waals surface area contributed by atoms with E-state index in [0.29, 0.717) is 36.6 Å². The Morgan fingerprint density at radius 2 is 2.07 bits per heavy atom. The number of benzene rings is 1. The third-order valence-electron chi connectivity index (χ3n) is 5.20. The standard InChI is InChI=1S/C18H24N4O4.ClH/c1-11-9-13(6-7-15(11)22(25)26)18(24)21-8-2-3-16(21)17(23)20-10-14(19)12-4-5-12;/h6-7,9,12,14,16H,2-5,8,10,19H2,1H3,(H,20,23);1H. The predicted molar refractivity (Wildman–Crippen MR) is 103 cm³/mol. The van der Waals surface area contributed by atoms with Gasteiger partial charge in [-0.2, -0.15) is 0 Å². The summed E-state index contributed by atoms with van der Waals surface area (Å²) in [4.78, 5) is 37.3. The number of aryl methyl sites for hydroxylation is 1. The van der Waals surface area contributed by atoms with Crippen molar-refractivity contribution in [1.82, 2.24) is 10.2 Å². The van der Waals surface area contributed by atoms with Crippen LogP contribution in [0.2, 0.25) is 0 Å². The van der Waals surface area contributed by atoms with E-state index >= 15 is 0 Å². The Morgan fingerprint density at radius 3 is 2.67 bits per heavy atom. The molecule has 1 heterocycles. The quantitative estimate of drug-likeness (QED) is 0.561. The van der Waals surface area contributed by atoms with Crippen molar-refractivity contribution in [3.8, 4) is 0 Å². The van der Waals surface area contributed by atoms with Crippen molar-refractivity contribution in [3.63, 3.8) is 0 Å². The fraction of sp³-hybridized carbons (Fsp3) is 0.556. The summed E-state index contributed by atoms with van der Waals surface area (Å²) in [6.07, 6.45) is 3.60. The molecule has 3 rings (SSSR count). The lowest BCUT2D eigenvalue weighted by atomic mass is 10.1. The number of carbonyl (C=O) groups excluding carboxylic acids is 2. The summed E-state index contributed by atoms with van der Waals surface area (Å²) >= 11 is 0. The molecule has 0 bridgehead atoms. The monoisotopic (exact) mass is 396 g/mol. The topological polar surface area (TPSA) is 119 Å². The van der Waals surface area contributed by atoms with Crippen LogP contribution in [0.3, 0.4) is 0 Å². The van der Waals surface area contributed by atoms with Gasteiger partial charge in [0.15, 0.2) is 0 Å². The van der Waals surface area contributed by atoms with Crippen LogP contribution in [-0.2, 0) is 4.79 Å². The largest absolute Gasteiger partial charge is 0.353 e.